The number of hydrogen-bond acceptors (Lipinski definition) is 5. The van der Waals surface area contributed by atoms with Crippen molar-refractivity contribution < 1.29 is 9.47 Å². The van der Waals surface area contributed by atoms with Gasteiger partial charge in [-0.3, -0.25) is 0 Å². The Kier molecular flexibility index (Phi) is 5.58. The minimum Gasteiger partial charge on any atom is -0.493 e. The first-order valence-electron chi connectivity index (χ1n) is 7.97. The summed E-state index contributed by atoms with van der Waals surface area (Å²) in [5.41, 5.74) is 8.46. The number of para-hydroxylation sites is 1. The zero-order valence-electron chi connectivity index (χ0n) is 14.5. The van der Waals surface area contributed by atoms with E-state index in [2.05, 4.69) is 26.0 Å². The van der Waals surface area contributed by atoms with Gasteiger partial charge in [0, 0.05) is 10.0 Å². The van der Waals surface area contributed by atoms with E-state index in [0.717, 1.165) is 21.3 Å². The highest BCUT2D eigenvalue weighted by molar-refractivity contribution is 9.10. The number of imidazole rings is 1. The second kappa shape index (κ2) is 8.05. The summed E-state index contributed by atoms with van der Waals surface area (Å²) in [6.45, 7) is 2.28. The monoisotopic (exact) mass is 414 g/mol. The van der Waals surface area contributed by atoms with Gasteiger partial charge in [0.15, 0.2) is 11.5 Å². The molecule has 0 aliphatic heterocycles. The van der Waals surface area contributed by atoms with Crippen molar-refractivity contribution >= 4 is 28.1 Å². The lowest BCUT2D eigenvalue weighted by atomic mass is 10.2. The first kappa shape index (κ1) is 18.0. The molecule has 1 heterocycles. The number of rotatable bonds is 6. The number of nitrogens with zero attached hydrogens (tertiary/aromatic N) is 3. The molecule has 0 fully saturated rings. The molecule has 134 valence electrons. The Morgan fingerprint density at radius 2 is 2.00 bits per heavy atom. The number of aryl methyl sites for hydroxylation is 1. The average molecular weight is 415 g/mol. The normalized spacial score (nSPS) is 11.0. The van der Waals surface area contributed by atoms with Crippen LogP contribution in [0, 0.1) is 6.92 Å². The molecule has 0 saturated heterocycles. The smallest absolute Gasteiger partial charge is 0.221 e. The van der Waals surface area contributed by atoms with E-state index in [0.29, 0.717) is 24.1 Å². The molecular formula is C19H19BrN4O2. The van der Waals surface area contributed by atoms with Crippen LogP contribution < -0.4 is 15.2 Å². The zero-order chi connectivity index (χ0) is 18.5. The molecule has 0 radical (unpaired) electrons. The van der Waals surface area contributed by atoms with Crippen molar-refractivity contribution in [3.63, 3.8) is 0 Å². The number of nitrogen functional groups attached to an aromatic ring is 1. The number of anilines is 1. The van der Waals surface area contributed by atoms with Crippen LogP contribution in [-0.2, 0) is 6.61 Å². The number of nitrogens with two attached hydrogens (primary N) is 1. The largest absolute Gasteiger partial charge is 0.493 e. The number of methoxy groups -OCH3 is 1. The van der Waals surface area contributed by atoms with E-state index in [1.54, 1.807) is 19.5 Å². The van der Waals surface area contributed by atoms with Gasteiger partial charge in [0.1, 0.15) is 6.61 Å². The number of ether oxygens (including phenoxy) is 2. The fourth-order valence-electron chi connectivity index (χ4n) is 2.41. The molecule has 7 heteroatoms. The fraction of sp³-hybridized carbons (Fsp3) is 0.158. The molecule has 6 nitrogen and oxygen atoms in total. The van der Waals surface area contributed by atoms with Crippen LogP contribution in [0.15, 0.2) is 58.2 Å². The van der Waals surface area contributed by atoms with Gasteiger partial charge < -0.3 is 15.2 Å². The molecule has 0 atom stereocenters. The average Bonchev–Trinajstić information content (AvgIpc) is 2.96. The van der Waals surface area contributed by atoms with Crippen LogP contribution in [0.5, 0.6) is 11.5 Å². The van der Waals surface area contributed by atoms with Crippen LogP contribution in [0.4, 0.5) is 5.95 Å². The first-order valence-corrected chi connectivity index (χ1v) is 8.76. The summed E-state index contributed by atoms with van der Waals surface area (Å²) in [5, 5.41) is 4.36. The Balaban J connectivity index is 1.85. The highest BCUT2D eigenvalue weighted by Crippen LogP contribution is 2.31. The summed E-state index contributed by atoms with van der Waals surface area (Å²) in [4.78, 5) is 4.13. The number of aromatic nitrogens is 2. The Hall–Kier alpha value is -2.80. The lowest BCUT2D eigenvalue weighted by Gasteiger charge is -2.13. The molecule has 0 aliphatic rings. The number of benzene rings is 2. The Morgan fingerprint density at radius 3 is 2.65 bits per heavy atom. The highest BCUT2D eigenvalue weighted by Gasteiger charge is 2.10. The molecular weight excluding hydrogens is 396 g/mol. The van der Waals surface area contributed by atoms with Crippen molar-refractivity contribution in [3.05, 3.63) is 70.0 Å². The van der Waals surface area contributed by atoms with Crippen molar-refractivity contribution in [1.82, 2.24) is 9.66 Å². The fourth-order valence-corrected chi connectivity index (χ4v) is 2.67. The predicted octanol–water partition coefficient (Wildman–Crippen LogP) is 4.01. The van der Waals surface area contributed by atoms with Crippen molar-refractivity contribution in [2.75, 3.05) is 12.8 Å². The maximum absolute atomic E-state index is 6.02. The van der Waals surface area contributed by atoms with Gasteiger partial charge in [-0.05, 0) is 36.8 Å². The van der Waals surface area contributed by atoms with E-state index >= 15 is 0 Å². The molecule has 2 aromatic carbocycles. The summed E-state index contributed by atoms with van der Waals surface area (Å²) in [7, 11) is 1.61. The second-order valence-electron chi connectivity index (χ2n) is 5.62. The molecule has 0 spiro atoms. The quantitative estimate of drug-likeness (QED) is 0.618. The third kappa shape index (κ3) is 4.23. The third-order valence-corrected chi connectivity index (χ3v) is 4.21. The standard InChI is InChI=1S/C19H19BrN4O2/c1-13-11-24(19(21)23-13)22-10-15-4-3-5-17(25-2)18(15)26-12-14-6-8-16(20)9-7-14/h3-11H,12H2,1-2H3,(H2,21,23). The summed E-state index contributed by atoms with van der Waals surface area (Å²) in [6.07, 6.45) is 3.44. The molecule has 0 bridgehead atoms. The molecule has 0 aliphatic carbocycles. The number of halogens is 1. The van der Waals surface area contributed by atoms with Crippen molar-refractivity contribution in [1.29, 1.82) is 0 Å². The SMILES string of the molecule is COc1cccc(C=Nn2cc(C)nc2N)c1OCc1ccc(Br)cc1. The Morgan fingerprint density at radius 1 is 1.23 bits per heavy atom. The summed E-state index contributed by atoms with van der Waals surface area (Å²) >= 11 is 3.43. The van der Waals surface area contributed by atoms with Gasteiger partial charge in [-0.25, -0.2) is 9.66 Å². The van der Waals surface area contributed by atoms with Gasteiger partial charge in [-0.1, -0.05) is 34.1 Å². The Labute approximate surface area is 160 Å². The van der Waals surface area contributed by atoms with Gasteiger partial charge in [-0.2, -0.15) is 5.10 Å². The van der Waals surface area contributed by atoms with E-state index < -0.39 is 0 Å². The molecule has 1 aromatic heterocycles. The Bertz CT molecular complexity index is 920. The summed E-state index contributed by atoms with van der Waals surface area (Å²) < 4.78 is 14.0. The lowest BCUT2D eigenvalue weighted by Crippen LogP contribution is -2.02. The van der Waals surface area contributed by atoms with Gasteiger partial charge in [0.2, 0.25) is 5.95 Å². The molecule has 0 amide bonds. The van der Waals surface area contributed by atoms with Gasteiger partial charge in [0.25, 0.3) is 0 Å². The van der Waals surface area contributed by atoms with Gasteiger partial charge in [0.05, 0.1) is 25.2 Å². The minimum atomic E-state index is 0.332. The van der Waals surface area contributed by atoms with Crippen LogP contribution in [0.1, 0.15) is 16.8 Å². The van der Waals surface area contributed by atoms with E-state index in [9.17, 15) is 0 Å². The van der Waals surface area contributed by atoms with E-state index in [-0.39, 0.29) is 0 Å². The predicted molar refractivity (Wildman–Crippen MR) is 106 cm³/mol. The van der Waals surface area contributed by atoms with E-state index in [4.69, 9.17) is 15.2 Å². The molecule has 3 rings (SSSR count). The van der Waals surface area contributed by atoms with Crippen molar-refractivity contribution in [2.24, 2.45) is 5.10 Å². The zero-order valence-corrected chi connectivity index (χ0v) is 16.1. The van der Waals surface area contributed by atoms with Gasteiger partial charge in [-0.15, -0.1) is 0 Å². The van der Waals surface area contributed by atoms with Crippen molar-refractivity contribution in [2.45, 2.75) is 13.5 Å². The van der Waals surface area contributed by atoms with E-state index in [1.165, 1.54) is 4.68 Å². The molecule has 2 N–H and O–H groups in total. The van der Waals surface area contributed by atoms with Crippen LogP contribution in [0.3, 0.4) is 0 Å². The van der Waals surface area contributed by atoms with Gasteiger partial charge >= 0.3 is 0 Å². The van der Waals surface area contributed by atoms with Crippen LogP contribution in [0.2, 0.25) is 0 Å². The van der Waals surface area contributed by atoms with Crippen molar-refractivity contribution in [3.8, 4) is 11.5 Å². The molecule has 0 saturated carbocycles. The summed E-state index contributed by atoms with van der Waals surface area (Å²) in [6, 6.07) is 13.6. The molecule has 3 aromatic rings. The van der Waals surface area contributed by atoms with Crippen LogP contribution in [-0.4, -0.2) is 23.0 Å². The second-order valence-corrected chi connectivity index (χ2v) is 6.54. The minimum absolute atomic E-state index is 0.332. The topological polar surface area (TPSA) is 74.7 Å². The van der Waals surface area contributed by atoms with E-state index in [1.807, 2.05) is 49.4 Å². The lowest BCUT2D eigenvalue weighted by molar-refractivity contribution is 0.284. The molecule has 26 heavy (non-hydrogen) atoms. The third-order valence-electron chi connectivity index (χ3n) is 3.68. The summed E-state index contributed by atoms with van der Waals surface area (Å²) in [5.74, 6) is 1.59. The van der Waals surface area contributed by atoms with Crippen LogP contribution >= 0.6 is 15.9 Å². The maximum Gasteiger partial charge on any atom is 0.221 e. The number of hydrogen-bond donors (Lipinski definition) is 1. The first-order chi connectivity index (χ1) is 12.6. The molecule has 0 unspecified atom stereocenters. The maximum atomic E-state index is 6.02. The highest BCUT2D eigenvalue weighted by atomic mass is 79.9. The van der Waals surface area contributed by atoms with Crippen LogP contribution in [0.25, 0.3) is 0 Å².